The number of hydrogen-bond donors (Lipinski definition) is 1. The molecular formula is C13H16N2O6. The quantitative estimate of drug-likeness (QED) is 0.479. The molecule has 0 heterocycles. The Morgan fingerprint density at radius 3 is 2.43 bits per heavy atom. The molecule has 0 bridgehead atoms. The van der Waals surface area contributed by atoms with Crippen LogP contribution in [0.15, 0.2) is 18.2 Å². The molecule has 1 N–H and O–H groups in total. The fourth-order valence-corrected chi connectivity index (χ4v) is 1.68. The largest absolute Gasteiger partial charge is 0.465 e. The summed E-state index contributed by atoms with van der Waals surface area (Å²) in [5.74, 6) is -1.29. The Morgan fingerprint density at radius 2 is 1.90 bits per heavy atom. The van der Waals surface area contributed by atoms with Crippen molar-refractivity contribution in [1.82, 2.24) is 5.32 Å². The SMILES string of the molecule is COC[C@H](C)NC(=O)c1cc(C(=O)OC)cc([N+](=O)[O-])c1. The first-order valence-corrected chi connectivity index (χ1v) is 6.06. The number of benzene rings is 1. The van der Waals surface area contributed by atoms with Crippen LogP contribution in [0.2, 0.25) is 0 Å². The van der Waals surface area contributed by atoms with Crippen LogP contribution in [-0.2, 0) is 9.47 Å². The van der Waals surface area contributed by atoms with Crippen LogP contribution in [0.1, 0.15) is 27.6 Å². The van der Waals surface area contributed by atoms with Gasteiger partial charge in [0, 0.05) is 30.8 Å². The summed E-state index contributed by atoms with van der Waals surface area (Å²) in [4.78, 5) is 33.7. The second-order valence-electron chi connectivity index (χ2n) is 4.35. The standard InChI is InChI=1S/C13H16N2O6/c1-8(7-20-2)14-12(16)9-4-10(13(17)21-3)6-11(5-9)15(18)19/h4-6,8H,7H2,1-3H3,(H,14,16)/t8-/m0/s1. The summed E-state index contributed by atoms with van der Waals surface area (Å²) in [6, 6.07) is 3.12. The maximum absolute atomic E-state index is 12.0. The molecule has 0 fully saturated rings. The fraction of sp³-hybridized carbons (Fsp3) is 0.385. The van der Waals surface area contributed by atoms with Gasteiger partial charge in [-0.3, -0.25) is 14.9 Å². The van der Waals surface area contributed by atoms with E-state index in [1.54, 1.807) is 6.92 Å². The molecule has 1 atom stereocenters. The third kappa shape index (κ3) is 4.53. The van der Waals surface area contributed by atoms with E-state index in [0.29, 0.717) is 6.61 Å². The number of non-ortho nitro benzene ring substituents is 1. The van der Waals surface area contributed by atoms with E-state index in [1.165, 1.54) is 13.2 Å². The van der Waals surface area contributed by atoms with Gasteiger partial charge in [-0.15, -0.1) is 0 Å². The lowest BCUT2D eigenvalue weighted by Gasteiger charge is -2.13. The van der Waals surface area contributed by atoms with Crippen molar-refractivity contribution in [3.05, 3.63) is 39.4 Å². The molecule has 8 heteroatoms. The van der Waals surface area contributed by atoms with Crippen molar-refractivity contribution >= 4 is 17.6 Å². The topological polar surface area (TPSA) is 108 Å². The molecule has 1 rings (SSSR count). The van der Waals surface area contributed by atoms with E-state index in [2.05, 4.69) is 10.1 Å². The van der Waals surface area contributed by atoms with Crippen molar-refractivity contribution in [2.45, 2.75) is 13.0 Å². The summed E-state index contributed by atoms with van der Waals surface area (Å²) in [7, 11) is 2.65. The number of nitrogens with one attached hydrogen (secondary N) is 1. The van der Waals surface area contributed by atoms with Crippen LogP contribution in [0.4, 0.5) is 5.69 Å². The average molecular weight is 296 g/mol. The van der Waals surface area contributed by atoms with Crippen molar-refractivity contribution in [3.63, 3.8) is 0 Å². The monoisotopic (exact) mass is 296 g/mol. The Morgan fingerprint density at radius 1 is 1.29 bits per heavy atom. The summed E-state index contributed by atoms with van der Waals surface area (Å²) in [5, 5.41) is 13.5. The smallest absolute Gasteiger partial charge is 0.338 e. The number of carbonyl (C=O) groups is 2. The number of methoxy groups -OCH3 is 2. The lowest BCUT2D eigenvalue weighted by molar-refractivity contribution is -0.384. The van der Waals surface area contributed by atoms with Crippen LogP contribution in [-0.4, -0.2) is 43.7 Å². The molecule has 0 saturated carbocycles. The second kappa shape index (κ2) is 7.34. The lowest BCUT2D eigenvalue weighted by atomic mass is 10.1. The number of nitro benzene ring substituents is 1. The molecule has 0 aliphatic rings. The highest BCUT2D eigenvalue weighted by Gasteiger charge is 2.19. The first-order valence-electron chi connectivity index (χ1n) is 6.06. The molecule has 0 saturated heterocycles. The second-order valence-corrected chi connectivity index (χ2v) is 4.35. The molecule has 1 amide bonds. The van der Waals surface area contributed by atoms with Gasteiger partial charge in [0.05, 0.1) is 24.2 Å². The van der Waals surface area contributed by atoms with Crippen LogP contribution in [0.5, 0.6) is 0 Å². The minimum Gasteiger partial charge on any atom is -0.465 e. The first kappa shape index (κ1) is 16.6. The predicted octanol–water partition coefficient (Wildman–Crippen LogP) is 1.15. The maximum atomic E-state index is 12.0. The molecular weight excluding hydrogens is 280 g/mol. The predicted molar refractivity (Wildman–Crippen MR) is 73.2 cm³/mol. The summed E-state index contributed by atoms with van der Waals surface area (Å²) in [6.07, 6.45) is 0. The normalized spacial score (nSPS) is 11.6. The molecule has 0 unspecified atom stereocenters. The average Bonchev–Trinajstić information content (AvgIpc) is 2.45. The van der Waals surface area contributed by atoms with Gasteiger partial charge in [0.15, 0.2) is 0 Å². The zero-order chi connectivity index (χ0) is 16.0. The van der Waals surface area contributed by atoms with Crippen LogP contribution in [0, 0.1) is 10.1 Å². The molecule has 0 spiro atoms. The van der Waals surface area contributed by atoms with Gasteiger partial charge in [-0.25, -0.2) is 4.79 Å². The Labute approximate surface area is 121 Å². The van der Waals surface area contributed by atoms with Crippen molar-refractivity contribution in [1.29, 1.82) is 0 Å². The highest BCUT2D eigenvalue weighted by Crippen LogP contribution is 2.18. The van der Waals surface area contributed by atoms with Gasteiger partial charge in [0.1, 0.15) is 0 Å². The summed E-state index contributed by atoms with van der Waals surface area (Å²) in [6.45, 7) is 2.02. The summed E-state index contributed by atoms with van der Waals surface area (Å²) < 4.78 is 9.40. The maximum Gasteiger partial charge on any atom is 0.338 e. The minimum atomic E-state index is -0.752. The molecule has 0 aliphatic carbocycles. The van der Waals surface area contributed by atoms with Gasteiger partial charge in [0.25, 0.3) is 11.6 Å². The molecule has 1 aromatic rings. The minimum absolute atomic E-state index is 0.00699. The van der Waals surface area contributed by atoms with Crippen molar-refractivity contribution < 1.29 is 24.0 Å². The fourth-order valence-electron chi connectivity index (χ4n) is 1.68. The number of amides is 1. The van der Waals surface area contributed by atoms with Crippen LogP contribution in [0.25, 0.3) is 0 Å². The Kier molecular flexibility index (Phi) is 5.79. The number of rotatable bonds is 6. The van der Waals surface area contributed by atoms with Gasteiger partial charge in [-0.05, 0) is 13.0 Å². The van der Waals surface area contributed by atoms with Crippen LogP contribution in [0.3, 0.4) is 0 Å². The number of nitro groups is 1. The molecule has 0 radical (unpaired) electrons. The molecule has 0 aliphatic heterocycles. The zero-order valence-corrected chi connectivity index (χ0v) is 11.9. The van der Waals surface area contributed by atoms with Crippen molar-refractivity contribution in [2.75, 3.05) is 20.8 Å². The van der Waals surface area contributed by atoms with Crippen molar-refractivity contribution in [2.24, 2.45) is 0 Å². The van der Waals surface area contributed by atoms with Crippen LogP contribution < -0.4 is 5.32 Å². The zero-order valence-electron chi connectivity index (χ0n) is 11.9. The number of nitrogens with zero attached hydrogens (tertiary/aromatic N) is 1. The van der Waals surface area contributed by atoms with Gasteiger partial charge in [-0.1, -0.05) is 0 Å². The Balaban J connectivity index is 3.10. The summed E-state index contributed by atoms with van der Waals surface area (Å²) in [5.41, 5.74) is -0.411. The molecule has 0 aromatic heterocycles. The number of esters is 1. The summed E-state index contributed by atoms with van der Waals surface area (Å²) >= 11 is 0. The van der Waals surface area contributed by atoms with Gasteiger partial charge < -0.3 is 14.8 Å². The number of hydrogen-bond acceptors (Lipinski definition) is 6. The third-order valence-electron chi connectivity index (χ3n) is 2.61. The molecule has 1 aromatic carbocycles. The Bertz CT molecular complexity index is 558. The van der Waals surface area contributed by atoms with Gasteiger partial charge in [0.2, 0.25) is 0 Å². The van der Waals surface area contributed by atoms with E-state index < -0.39 is 16.8 Å². The highest BCUT2D eigenvalue weighted by atomic mass is 16.6. The van der Waals surface area contributed by atoms with E-state index in [4.69, 9.17) is 4.74 Å². The van der Waals surface area contributed by atoms with E-state index in [0.717, 1.165) is 19.2 Å². The van der Waals surface area contributed by atoms with E-state index in [9.17, 15) is 19.7 Å². The van der Waals surface area contributed by atoms with E-state index in [-0.39, 0.29) is 22.9 Å². The molecule has 8 nitrogen and oxygen atoms in total. The highest BCUT2D eigenvalue weighted by molar-refractivity contribution is 5.99. The van der Waals surface area contributed by atoms with Gasteiger partial charge >= 0.3 is 5.97 Å². The van der Waals surface area contributed by atoms with Crippen molar-refractivity contribution in [3.8, 4) is 0 Å². The number of ether oxygens (including phenoxy) is 2. The third-order valence-corrected chi connectivity index (χ3v) is 2.61. The lowest BCUT2D eigenvalue weighted by Crippen LogP contribution is -2.35. The molecule has 21 heavy (non-hydrogen) atoms. The van der Waals surface area contributed by atoms with E-state index >= 15 is 0 Å². The van der Waals surface area contributed by atoms with Gasteiger partial charge in [-0.2, -0.15) is 0 Å². The molecule has 114 valence electrons. The van der Waals surface area contributed by atoms with E-state index in [1.807, 2.05) is 0 Å². The Hall–Kier alpha value is -2.48. The number of carbonyl (C=O) groups excluding carboxylic acids is 2. The first-order chi connectivity index (χ1) is 9.88. The van der Waals surface area contributed by atoms with Crippen LogP contribution >= 0.6 is 0 Å².